The summed E-state index contributed by atoms with van der Waals surface area (Å²) < 4.78 is 5.48. The van der Waals surface area contributed by atoms with Gasteiger partial charge in [-0.1, -0.05) is 0 Å². The van der Waals surface area contributed by atoms with Gasteiger partial charge in [0.2, 0.25) is 5.91 Å². The van der Waals surface area contributed by atoms with Crippen molar-refractivity contribution in [3.8, 4) is 0 Å². The molecule has 0 bridgehead atoms. The maximum atomic E-state index is 11.6. The molecule has 1 fully saturated rings. The van der Waals surface area contributed by atoms with Gasteiger partial charge in [0.15, 0.2) is 0 Å². The molecule has 3 N–H and O–H groups in total. The van der Waals surface area contributed by atoms with Gasteiger partial charge in [0.05, 0.1) is 6.10 Å². The van der Waals surface area contributed by atoms with Crippen LogP contribution in [0, 0.1) is 0 Å². The smallest absolute Gasteiger partial charge is 0.249 e. The molecule has 1 aliphatic rings. The Labute approximate surface area is 85.2 Å². The first kappa shape index (κ1) is 11.5. The van der Waals surface area contributed by atoms with Crippen molar-refractivity contribution in [3.63, 3.8) is 0 Å². The van der Waals surface area contributed by atoms with Crippen molar-refractivity contribution in [3.05, 3.63) is 0 Å². The molecule has 0 radical (unpaired) electrons. The Balaban J connectivity index is 2.40. The number of hydrogen-bond donors (Lipinski definition) is 2. The molecule has 0 aromatic heterocycles. The molecule has 1 rings (SSSR count). The lowest BCUT2D eigenvalue weighted by atomic mass is 10.1. The summed E-state index contributed by atoms with van der Waals surface area (Å²) in [4.78, 5) is 11.6. The lowest BCUT2D eigenvalue weighted by molar-refractivity contribution is -0.133. The first-order chi connectivity index (χ1) is 6.42. The van der Waals surface area contributed by atoms with Crippen LogP contribution in [0.25, 0.3) is 0 Å². The second-order valence-electron chi connectivity index (χ2n) is 4.80. The van der Waals surface area contributed by atoms with E-state index in [-0.39, 0.29) is 23.7 Å². The van der Waals surface area contributed by atoms with Crippen LogP contribution in [0.5, 0.6) is 0 Å². The number of ether oxygens (including phenoxy) is 1. The summed E-state index contributed by atoms with van der Waals surface area (Å²) in [5.74, 6) is -0.0200. The van der Waals surface area contributed by atoms with Crippen molar-refractivity contribution < 1.29 is 9.53 Å². The van der Waals surface area contributed by atoms with E-state index in [1.165, 1.54) is 0 Å². The molecule has 1 aliphatic heterocycles. The van der Waals surface area contributed by atoms with E-state index in [1.54, 1.807) is 0 Å². The SMILES string of the molecule is CC(C)(C)NC(=O)[C@@H]1CC[C@H](CN)O1. The summed E-state index contributed by atoms with van der Waals surface area (Å²) in [6.07, 6.45) is 1.43. The van der Waals surface area contributed by atoms with Crippen LogP contribution < -0.4 is 11.1 Å². The zero-order valence-corrected chi connectivity index (χ0v) is 9.17. The third-order valence-electron chi connectivity index (χ3n) is 2.16. The van der Waals surface area contributed by atoms with Gasteiger partial charge in [-0.2, -0.15) is 0 Å². The van der Waals surface area contributed by atoms with Gasteiger partial charge >= 0.3 is 0 Å². The van der Waals surface area contributed by atoms with Crippen LogP contribution in [0.3, 0.4) is 0 Å². The minimum absolute atomic E-state index is 0.0200. The van der Waals surface area contributed by atoms with Gasteiger partial charge in [-0.15, -0.1) is 0 Å². The lowest BCUT2D eigenvalue weighted by Crippen LogP contribution is -2.46. The summed E-state index contributed by atoms with van der Waals surface area (Å²) in [6.45, 7) is 6.38. The number of hydrogen-bond acceptors (Lipinski definition) is 3. The maximum absolute atomic E-state index is 11.6. The van der Waals surface area contributed by atoms with Crippen molar-refractivity contribution in [2.24, 2.45) is 5.73 Å². The van der Waals surface area contributed by atoms with Crippen LogP contribution in [0.2, 0.25) is 0 Å². The topological polar surface area (TPSA) is 64.4 Å². The van der Waals surface area contributed by atoms with Gasteiger partial charge in [-0.25, -0.2) is 0 Å². The average Bonchev–Trinajstić information content (AvgIpc) is 2.48. The van der Waals surface area contributed by atoms with E-state index in [4.69, 9.17) is 10.5 Å². The molecule has 1 saturated heterocycles. The highest BCUT2D eigenvalue weighted by Gasteiger charge is 2.31. The Morgan fingerprint density at radius 3 is 2.57 bits per heavy atom. The highest BCUT2D eigenvalue weighted by Crippen LogP contribution is 2.19. The monoisotopic (exact) mass is 200 g/mol. The fourth-order valence-corrected chi connectivity index (χ4v) is 1.52. The Kier molecular flexibility index (Phi) is 3.50. The quantitative estimate of drug-likeness (QED) is 0.678. The van der Waals surface area contributed by atoms with Crippen molar-refractivity contribution in [2.45, 2.75) is 51.4 Å². The highest BCUT2D eigenvalue weighted by atomic mass is 16.5. The molecule has 82 valence electrons. The molecule has 0 aromatic carbocycles. The van der Waals surface area contributed by atoms with E-state index in [1.807, 2.05) is 20.8 Å². The summed E-state index contributed by atoms with van der Waals surface area (Å²) in [5, 5.41) is 2.90. The lowest BCUT2D eigenvalue weighted by Gasteiger charge is -2.23. The molecule has 4 heteroatoms. The normalized spacial score (nSPS) is 27.7. The Hall–Kier alpha value is -0.610. The molecule has 0 aromatic rings. The van der Waals surface area contributed by atoms with E-state index >= 15 is 0 Å². The molecule has 4 nitrogen and oxygen atoms in total. The van der Waals surface area contributed by atoms with Gasteiger partial charge in [0.25, 0.3) is 0 Å². The average molecular weight is 200 g/mol. The predicted molar refractivity (Wildman–Crippen MR) is 54.8 cm³/mol. The molecular weight excluding hydrogens is 180 g/mol. The highest BCUT2D eigenvalue weighted by molar-refractivity contribution is 5.81. The van der Waals surface area contributed by atoms with E-state index < -0.39 is 0 Å². The number of rotatable bonds is 2. The fraction of sp³-hybridized carbons (Fsp3) is 0.900. The fourth-order valence-electron chi connectivity index (χ4n) is 1.52. The zero-order chi connectivity index (χ0) is 10.8. The van der Waals surface area contributed by atoms with Crippen LogP contribution in [0.4, 0.5) is 0 Å². The third-order valence-corrected chi connectivity index (χ3v) is 2.16. The second kappa shape index (κ2) is 4.28. The molecule has 2 atom stereocenters. The van der Waals surface area contributed by atoms with Crippen molar-refractivity contribution in [1.29, 1.82) is 0 Å². The van der Waals surface area contributed by atoms with Crippen LogP contribution >= 0.6 is 0 Å². The van der Waals surface area contributed by atoms with Crippen LogP contribution in [0.1, 0.15) is 33.6 Å². The molecule has 0 aliphatic carbocycles. The van der Waals surface area contributed by atoms with Gasteiger partial charge in [-0.05, 0) is 33.6 Å². The number of amides is 1. The zero-order valence-electron chi connectivity index (χ0n) is 9.17. The molecule has 1 amide bonds. The summed E-state index contributed by atoms with van der Waals surface area (Å²) >= 11 is 0. The Bertz CT molecular complexity index is 211. The number of nitrogens with two attached hydrogens (primary N) is 1. The second-order valence-corrected chi connectivity index (χ2v) is 4.80. The largest absolute Gasteiger partial charge is 0.364 e. The van der Waals surface area contributed by atoms with Crippen molar-refractivity contribution >= 4 is 5.91 Å². The molecule has 1 heterocycles. The molecule has 0 spiro atoms. The van der Waals surface area contributed by atoms with E-state index in [2.05, 4.69) is 5.32 Å². The van der Waals surface area contributed by atoms with E-state index in [0.717, 1.165) is 12.8 Å². The predicted octanol–water partition coefficient (Wildman–Crippen LogP) is 0.407. The third kappa shape index (κ3) is 3.27. The Morgan fingerprint density at radius 1 is 1.50 bits per heavy atom. The summed E-state index contributed by atoms with van der Waals surface area (Å²) in [6, 6.07) is 0. The van der Waals surface area contributed by atoms with Crippen LogP contribution in [-0.4, -0.2) is 30.2 Å². The van der Waals surface area contributed by atoms with Gasteiger partial charge in [-0.3, -0.25) is 4.79 Å². The Morgan fingerprint density at radius 2 is 2.14 bits per heavy atom. The summed E-state index contributed by atoms with van der Waals surface area (Å²) in [5.41, 5.74) is 5.27. The van der Waals surface area contributed by atoms with E-state index in [0.29, 0.717) is 6.54 Å². The van der Waals surface area contributed by atoms with Crippen molar-refractivity contribution in [2.75, 3.05) is 6.54 Å². The molecular formula is C10H20N2O2. The molecule has 0 saturated carbocycles. The van der Waals surface area contributed by atoms with Gasteiger partial charge in [0, 0.05) is 12.1 Å². The number of carbonyl (C=O) groups is 1. The standard InChI is InChI=1S/C10H20N2O2/c1-10(2,3)12-9(13)8-5-4-7(6-11)14-8/h7-8H,4-6,11H2,1-3H3,(H,12,13)/t7-,8+/m1/s1. The number of nitrogens with one attached hydrogen (secondary N) is 1. The van der Waals surface area contributed by atoms with Crippen LogP contribution in [-0.2, 0) is 9.53 Å². The number of carbonyl (C=O) groups excluding carboxylic acids is 1. The van der Waals surface area contributed by atoms with Crippen molar-refractivity contribution in [1.82, 2.24) is 5.32 Å². The molecule has 14 heavy (non-hydrogen) atoms. The first-order valence-corrected chi connectivity index (χ1v) is 5.10. The summed E-state index contributed by atoms with van der Waals surface area (Å²) in [7, 11) is 0. The maximum Gasteiger partial charge on any atom is 0.249 e. The van der Waals surface area contributed by atoms with Gasteiger partial charge in [0.1, 0.15) is 6.10 Å². The van der Waals surface area contributed by atoms with E-state index in [9.17, 15) is 4.79 Å². The minimum atomic E-state index is -0.303. The van der Waals surface area contributed by atoms with Crippen LogP contribution in [0.15, 0.2) is 0 Å². The minimum Gasteiger partial charge on any atom is -0.364 e. The first-order valence-electron chi connectivity index (χ1n) is 5.10. The molecule has 0 unspecified atom stereocenters. The van der Waals surface area contributed by atoms with Gasteiger partial charge < -0.3 is 15.8 Å².